The van der Waals surface area contributed by atoms with E-state index in [1.165, 1.54) is 18.2 Å². The molecule has 0 saturated heterocycles. The Morgan fingerprint density at radius 1 is 1.00 bits per heavy atom. The van der Waals surface area contributed by atoms with Gasteiger partial charge in [-0.1, -0.05) is 6.07 Å². The Morgan fingerprint density at radius 2 is 1.68 bits per heavy atom. The van der Waals surface area contributed by atoms with Crippen molar-refractivity contribution in [2.45, 2.75) is 32.3 Å². The number of ether oxygens (including phenoxy) is 1. The average molecular weight is 400 g/mol. The molecule has 0 fully saturated rings. The Hall–Kier alpha value is -2.93. The van der Waals surface area contributed by atoms with Crippen molar-refractivity contribution in [3.05, 3.63) is 74.6 Å². The maximum atomic E-state index is 12.5. The molecule has 1 heterocycles. The Bertz CT molecular complexity index is 1250. The molecule has 2 aromatic carbocycles. The third-order valence-corrected chi connectivity index (χ3v) is 5.77. The van der Waals surface area contributed by atoms with Gasteiger partial charge < -0.3 is 9.15 Å². The first-order chi connectivity index (χ1) is 13.1. The minimum absolute atomic E-state index is 0.0435. The molecule has 1 aromatic heterocycles. The fourth-order valence-corrected chi connectivity index (χ4v) is 3.52. The lowest BCUT2D eigenvalue weighted by atomic mass is 10.0. The van der Waals surface area contributed by atoms with Gasteiger partial charge in [-0.25, -0.2) is 18.0 Å². The third kappa shape index (κ3) is 3.99. The van der Waals surface area contributed by atoms with Crippen LogP contribution in [0.1, 0.15) is 32.6 Å². The van der Waals surface area contributed by atoms with Crippen LogP contribution < -0.4 is 5.63 Å². The Morgan fingerprint density at radius 3 is 2.36 bits per heavy atom. The van der Waals surface area contributed by atoms with Gasteiger partial charge in [0, 0.05) is 23.3 Å². The van der Waals surface area contributed by atoms with Gasteiger partial charge in [-0.2, -0.15) is 0 Å². The fraction of sp³-hybridized carbons (Fsp3) is 0.238. The number of benzene rings is 2. The molecule has 0 atom stereocenters. The molecule has 0 aliphatic carbocycles. The standard InChI is InChI=1S/C21H20O6S/c1-12-5-6-16(28(4,24)25)10-17(12)21(23)26-11-15-9-20(22)27-19-8-14(3)13(2)7-18(15)19/h5-10H,11H2,1-4H3. The number of carbonyl (C=O) groups excluding carboxylic acids is 1. The number of rotatable bonds is 4. The van der Waals surface area contributed by atoms with Gasteiger partial charge in [0.15, 0.2) is 9.84 Å². The molecule has 0 saturated carbocycles. The quantitative estimate of drug-likeness (QED) is 0.492. The molecule has 146 valence electrons. The SMILES string of the molecule is Cc1cc2oc(=O)cc(COC(=O)c3cc(S(C)(=O)=O)ccc3C)c2cc1C. The van der Waals surface area contributed by atoms with Gasteiger partial charge in [-0.05, 0) is 61.7 Å². The highest BCUT2D eigenvalue weighted by Crippen LogP contribution is 2.23. The van der Waals surface area contributed by atoms with E-state index in [0.29, 0.717) is 22.1 Å². The topological polar surface area (TPSA) is 90.7 Å². The molecule has 0 radical (unpaired) electrons. The second-order valence-corrected chi connectivity index (χ2v) is 8.86. The van der Waals surface area contributed by atoms with E-state index in [2.05, 4.69) is 0 Å². The van der Waals surface area contributed by atoms with E-state index in [0.717, 1.165) is 17.4 Å². The smallest absolute Gasteiger partial charge is 0.338 e. The van der Waals surface area contributed by atoms with Gasteiger partial charge in [0.05, 0.1) is 10.5 Å². The van der Waals surface area contributed by atoms with E-state index >= 15 is 0 Å². The number of fused-ring (bicyclic) bond motifs is 1. The zero-order valence-corrected chi connectivity index (χ0v) is 16.8. The predicted molar refractivity (Wildman–Crippen MR) is 105 cm³/mol. The van der Waals surface area contributed by atoms with E-state index in [1.54, 1.807) is 19.1 Å². The van der Waals surface area contributed by atoms with Crippen LogP contribution in [-0.2, 0) is 21.2 Å². The number of sulfone groups is 1. The van der Waals surface area contributed by atoms with E-state index in [1.807, 2.05) is 19.9 Å². The molecule has 0 amide bonds. The van der Waals surface area contributed by atoms with Crippen molar-refractivity contribution in [1.29, 1.82) is 0 Å². The minimum Gasteiger partial charge on any atom is -0.457 e. The molecule has 0 unspecified atom stereocenters. The van der Waals surface area contributed by atoms with Crippen molar-refractivity contribution in [1.82, 2.24) is 0 Å². The normalized spacial score (nSPS) is 11.6. The summed E-state index contributed by atoms with van der Waals surface area (Å²) < 4.78 is 34.1. The number of aryl methyl sites for hydroxylation is 3. The van der Waals surface area contributed by atoms with Crippen molar-refractivity contribution >= 4 is 26.8 Å². The molecule has 3 rings (SSSR count). The summed E-state index contributed by atoms with van der Waals surface area (Å²) in [6.07, 6.45) is 1.08. The molecule has 0 aliphatic rings. The van der Waals surface area contributed by atoms with Crippen molar-refractivity contribution in [2.75, 3.05) is 6.26 Å². The summed E-state index contributed by atoms with van der Waals surface area (Å²) in [4.78, 5) is 24.4. The molecule has 7 heteroatoms. The molecule has 0 aliphatic heterocycles. The van der Waals surface area contributed by atoms with Crippen LogP contribution in [0.25, 0.3) is 11.0 Å². The molecule has 3 aromatic rings. The fourth-order valence-electron chi connectivity index (χ4n) is 2.88. The lowest BCUT2D eigenvalue weighted by molar-refractivity contribution is 0.0472. The molecule has 0 spiro atoms. The highest BCUT2D eigenvalue weighted by molar-refractivity contribution is 7.90. The summed E-state index contributed by atoms with van der Waals surface area (Å²) in [5.41, 5.74) is 3.20. The van der Waals surface area contributed by atoms with Gasteiger partial charge in [-0.3, -0.25) is 0 Å². The molecule has 0 bridgehead atoms. The van der Waals surface area contributed by atoms with Gasteiger partial charge in [0.25, 0.3) is 0 Å². The molecular weight excluding hydrogens is 380 g/mol. The first kappa shape index (κ1) is 19.8. The number of esters is 1. The zero-order valence-electron chi connectivity index (χ0n) is 16.0. The zero-order chi connectivity index (χ0) is 20.6. The summed E-state index contributed by atoms with van der Waals surface area (Å²) in [5, 5.41) is 0.692. The highest BCUT2D eigenvalue weighted by Gasteiger charge is 2.17. The maximum Gasteiger partial charge on any atom is 0.338 e. The van der Waals surface area contributed by atoms with Crippen LogP contribution in [0, 0.1) is 20.8 Å². The van der Waals surface area contributed by atoms with Gasteiger partial charge in [-0.15, -0.1) is 0 Å². The Kier molecular flexibility index (Phi) is 5.12. The van der Waals surface area contributed by atoms with E-state index < -0.39 is 21.4 Å². The van der Waals surface area contributed by atoms with Crippen LogP contribution in [-0.4, -0.2) is 20.6 Å². The minimum atomic E-state index is -3.45. The van der Waals surface area contributed by atoms with Crippen LogP contribution in [0.3, 0.4) is 0 Å². The lowest BCUT2D eigenvalue weighted by Gasteiger charge is -2.11. The van der Waals surface area contributed by atoms with Crippen LogP contribution in [0.15, 0.2) is 50.5 Å². The summed E-state index contributed by atoms with van der Waals surface area (Å²) in [5.74, 6) is -0.659. The second-order valence-electron chi connectivity index (χ2n) is 6.85. The van der Waals surface area contributed by atoms with Crippen LogP contribution >= 0.6 is 0 Å². The van der Waals surface area contributed by atoms with E-state index in [9.17, 15) is 18.0 Å². The average Bonchev–Trinajstić information content (AvgIpc) is 2.60. The van der Waals surface area contributed by atoms with Crippen LogP contribution in [0.5, 0.6) is 0 Å². The highest BCUT2D eigenvalue weighted by atomic mass is 32.2. The third-order valence-electron chi connectivity index (χ3n) is 4.66. The largest absolute Gasteiger partial charge is 0.457 e. The summed E-state index contributed by atoms with van der Waals surface area (Å²) in [6.45, 7) is 5.42. The van der Waals surface area contributed by atoms with Crippen molar-refractivity contribution in [3.8, 4) is 0 Å². The number of carbonyl (C=O) groups is 1. The van der Waals surface area contributed by atoms with Gasteiger partial charge in [0.2, 0.25) is 0 Å². The number of hydrogen-bond donors (Lipinski definition) is 0. The lowest BCUT2D eigenvalue weighted by Crippen LogP contribution is -2.10. The Labute approximate surface area is 162 Å². The molecule has 6 nitrogen and oxygen atoms in total. The van der Waals surface area contributed by atoms with Crippen molar-refractivity contribution < 1.29 is 22.4 Å². The van der Waals surface area contributed by atoms with E-state index in [4.69, 9.17) is 9.15 Å². The van der Waals surface area contributed by atoms with Crippen molar-refractivity contribution in [3.63, 3.8) is 0 Å². The molecular formula is C21H20O6S. The van der Waals surface area contributed by atoms with E-state index in [-0.39, 0.29) is 17.1 Å². The van der Waals surface area contributed by atoms with Crippen LogP contribution in [0.4, 0.5) is 0 Å². The summed E-state index contributed by atoms with van der Waals surface area (Å²) in [6, 6.07) is 9.26. The summed E-state index contributed by atoms with van der Waals surface area (Å²) >= 11 is 0. The van der Waals surface area contributed by atoms with Crippen LogP contribution in [0.2, 0.25) is 0 Å². The van der Waals surface area contributed by atoms with Crippen molar-refractivity contribution in [2.24, 2.45) is 0 Å². The molecule has 28 heavy (non-hydrogen) atoms. The Balaban J connectivity index is 1.94. The number of hydrogen-bond acceptors (Lipinski definition) is 6. The van der Waals surface area contributed by atoms with Gasteiger partial charge >= 0.3 is 11.6 Å². The maximum absolute atomic E-state index is 12.5. The first-order valence-electron chi connectivity index (χ1n) is 8.58. The second kappa shape index (κ2) is 7.24. The van der Waals surface area contributed by atoms with Gasteiger partial charge in [0.1, 0.15) is 12.2 Å². The summed E-state index contributed by atoms with van der Waals surface area (Å²) in [7, 11) is -3.45. The monoisotopic (exact) mass is 400 g/mol. The molecule has 0 N–H and O–H groups in total. The predicted octanol–water partition coefficient (Wildman–Crippen LogP) is 3.48. The first-order valence-corrected chi connectivity index (χ1v) is 10.5.